The number of nitrogens with zero attached hydrogens (tertiary/aromatic N) is 1. The minimum atomic E-state index is 0.550. The van der Waals surface area contributed by atoms with Gasteiger partial charge in [-0.25, -0.2) is 0 Å². The summed E-state index contributed by atoms with van der Waals surface area (Å²) in [5.74, 6) is 0. The van der Waals surface area contributed by atoms with Gasteiger partial charge in [-0.3, -0.25) is 0 Å². The summed E-state index contributed by atoms with van der Waals surface area (Å²) in [7, 11) is 1.64. The minimum absolute atomic E-state index is 0.550. The first-order valence-corrected chi connectivity index (χ1v) is 5.51. The standard InChI is InChI=1S/C11H21NO4/c1-13-6-7-15-10-11-16-9-8-14-5-3-2-4-12/h2-3,5-11H2,1H3. The summed E-state index contributed by atoms with van der Waals surface area (Å²) in [4.78, 5) is 0. The Balaban J connectivity index is 2.86. The molecule has 0 amide bonds. The first-order valence-electron chi connectivity index (χ1n) is 5.51. The van der Waals surface area contributed by atoms with E-state index in [9.17, 15) is 0 Å². The van der Waals surface area contributed by atoms with Crippen LogP contribution in [0.25, 0.3) is 0 Å². The second-order valence-electron chi connectivity index (χ2n) is 3.09. The largest absolute Gasteiger partial charge is 0.382 e. The summed E-state index contributed by atoms with van der Waals surface area (Å²) >= 11 is 0. The third-order valence-electron chi connectivity index (χ3n) is 1.75. The maximum atomic E-state index is 8.27. The van der Waals surface area contributed by atoms with Gasteiger partial charge < -0.3 is 18.9 Å². The Morgan fingerprint density at radius 1 is 0.812 bits per heavy atom. The molecule has 0 aromatic rings. The molecule has 0 atom stereocenters. The summed E-state index contributed by atoms with van der Waals surface area (Å²) in [5, 5.41) is 8.27. The zero-order valence-electron chi connectivity index (χ0n) is 9.94. The number of unbranched alkanes of at least 4 members (excludes halogenated alkanes) is 1. The molecule has 0 unspecified atom stereocenters. The van der Waals surface area contributed by atoms with E-state index >= 15 is 0 Å². The van der Waals surface area contributed by atoms with Crippen molar-refractivity contribution in [2.24, 2.45) is 0 Å². The van der Waals surface area contributed by atoms with Gasteiger partial charge in [-0.05, 0) is 6.42 Å². The van der Waals surface area contributed by atoms with E-state index in [4.69, 9.17) is 24.2 Å². The Bertz CT molecular complexity index is 170. The van der Waals surface area contributed by atoms with E-state index in [1.54, 1.807) is 7.11 Å². The minimum Gasteiger partial charge on any atom is -0.382 e. The first kappa shape index (κ1) is 15.3. The molecule has 16 heavy (non-hydrogen) atoms. The number of hydrogen-bond acceptors (Lipinski definition) is 5. The number of rotatable bonds is 12. The van der Waals surface area contributed by atoms with Crippen LogP contribution in [-0.4, -0.2) is 53.4 Å². The summed E-state index contributed by atoms with van der Waals surface area (Å²) in [6, 6.07) is 2.07. The fraction of sp³-hybridized carbons (Fsp3) is 0.909. The number of methoxy groups -OCH3 is 1. The van der Waals surface area contributed by atoms with Crippen LogP contribution in [-0.2, 0) is 18.9 Å². The Kier molecular flexibility index (Phi) is 13.7. The molecule has 0 bridgehead atoms. The van der Waals surface area contributed by atoms with E-state index in [0.29, 0.717) is 52.7 Å². The molecular formula is C11H21NO4. The highest BCUT2D eigenvalue weighted by Gasteiger charge is 1.91. The molecule has 0 spiro atoms. The van der Waals surface area contributed by atoms with Crippen LogP contribution in [0.5, 0.6) is 0 Å². The van der Waals surface area contributed by atoms with Crippen molar-refractivity contribution in [3.63, 3.8) is 0 Å². The van der Waals surface area contributed by atoms with Crippen molar-refractivity contribution >= 4 is 0 Å². The van der Waals surface area contributed by atoms with Gasteiger partial charge in [0.1, 0.15) is 0 Å². The van der Waals surface area contributed by atoms with Crippen molar-refractivity contribution in [1.29, 1.82) is 5.26 Å². The van der Waals surface area contributed by atoms with E-state index < -0.39 is 0 Å². The third kappa shape index (κ3) is 13.3. The SMILES string of the molecule is COCCOCCOCCOCCCC#N. The molecule has 0 aromatic carbocycles. The Morgan fingerprint density at radius 2 is 1.31 bits per heavy atom. The molecule has 94 valence electrons. The molecule has 0 aliphatic heterocycles. The summed E-state index contributed by atoms with van der Waals surface area (Å²) in [6.45, 7) is 4.14. The highest BCUT2D eigenvalue weighted by Crippen LogP contribution is 1.88. The van der Waals surface area contributed by atoms with Gasteiger partial charge in [0, 0.05) is 20.1 Å². The molecule has 5 nitrogen and oxygen atoms in total. The highest BCUT2D eigenvalue weighted by molar-refractivity contribution is 4.67. The molecule has 0 aliphatic rings. The van der Waals surface area contributed by atoms with E-state index in [1.165, 1.54) is 0 Å². The van der Waals surface area contributed by atoms with Gasteiger partial charge in [-0.15, -0.1) is 0 Å². The lowest BCUT2D eigenvalue weighted by atomic mass is 10.3. The van der Waals surface area contributed by atoms with Gasteiger partial charge in [0.05, 0.1) is 45.7 Å². The Labute approximate surface area is 97.2 Å². The zero-order valence-corrected chi connectivity index (χ0v) is 9.94. The van der Waals surface area contributed by atoms with Gasteiger partial charge in [0.15, 0.2) is 0 Å². The molecule has 0 aliphatic carbocycles. The van der Waals surface area contributed by atoms with E-state index in [2.05, 4.69) is 6.07 Å². The molecule has 0 saturated heterocycles. The van der Waals surface area contributed by atoms with Gasteiger partial charge >= 0.3 is 0 Å². The monoisotopic (exact) mass is 231 g/mol. The normalized spacial score (nSPS) is 10.2. The topological polar surface area (TPSA) is 60.7 Å². The molecular weight excluding hydrogens is 210 g/mol. The molecule has 0 rings (SSSR count). The maximum Gasteiger partial charge on any atom is 0.0701 e. The summed E-state index contributed by atoms with van der Waals surface area (Å²) < 4.78 is 20.5. The van der Waals surface area contributed by atoms with Crippen LogP contribution in [0.3, 0.4) is 0 Å². The lowest BCUT2D eigenvalue weighted by Crippen LogP contribution is -2.11. The maximum absolute atomic E-state index is 8.27. The lowest BCUT2D eigenvalue weighted by Gasteiger charge is -2.05. The van der Waals surface area contributed by atoms with Gasteiger partial charge in [-0.1, -0.05) is 0 Å². The van der Waals surface area contributed by atoms with Crippen LogP contribution >= 0.6 is 0 Å². The van der Waals surface area contributed by atoms with Crippen LogP contribution in [0.4, 0.5) is 0 Å². The average molecular weight is 231 g/mol. The average Bonchev–Trinajstić information content (AvgIpc) is 2.31. The van der Waals surface area contributed by atoms with E-state index in [-0.39, 0.29) is 0 Å². The predicted octanol–water partition coefficient (Wildman–Crippen LogP) is 0.986. The van der Waals surface area contributed by atoms with Gasteiger partial charge in [0.2, 0.25) is 0 Å². The predicted molar refractivity (Wildman–Crippen MR) is 59.2 cm³/mol. The number of ether oxygens (including phenoxy) is 4. The van der Waals surface area contributed by atoms with Crippen molar-refractivity contribution in [3.05, 3.63) is 0 Å². The van der Waals surface area contributed by atoms with E-state index in [1.807, 2.05) is 0 Å². The number of nitriles is 1. The summed E-state index contributed by atoms with van der Waals surface area (Å²) in [6.07, 6.45) is 1.34. The van der Waals surface area contributed by atoms with Crippen LogP contribution in [0, 0.1) is 11.3 Å². The van der Waals surface area contributed by atoms with Gasteiger partial charge in [-0.2, -0.15) is 5.26 Å². The third-order valence-corrected chi connectivity index (χ3v) is 1.75. The second-order valence-corrected chi connectivity index (χ2v) is 3.09. The molecule has 0 aromatic heterocycles. The molecule has 0 heterocycles. The smallest absolute Gasteiger partial charge is 0.0701 e. The quantitative estimate of drug-likeness (QED) is 0.469. The molecule has 0 saturated carbocycles. The zero-order chi connectivity index (χ0) is 11.9. The molecule has 0 fully saturated rings. The first-order chi connectivity index (χ1) is 7.91. The van der Waals surface area contributed by atoms with Gasteiger partial charge in [0.25, 0.3) is 0 Å². The fourth-order valence-electron chi connectivity index (χ4n) is 0.937. The fourth-order valence-corrected chi connectivity index (χ4v) is 0.937. The van der Waals surface area contributed by atoms with E-state index in [0.717, 1.165) is 6.42 Å². The Hall–Kier alpha value is -0.670. The van der Waals surface area contributed by atoms with Crippen molar-refractivity contribution in [1.82, 2.24) is 0 Å². The summed E-state index contributed by atoms with van der Waals surface area (Å²) in [5.41, 5.74) is 0. The highest BCUT2D eigenvalue weighted by atomic mass is 16.6. The number of hydrogen-bond donors (Lipinski definition) is 0. The second kappa shape index (κ2) is 14.3. The van der Waals surface area contributed by atoms with Crippen molar-refractivity contribution in [2.45, 2.75) is 12.8 Å². The van der Waals surface area contributed by atoms with Crippen LogP contribution in [0.1, 0.15) is 12.8 Å². The Morgan fingerprint density at radius 3 is 1.81 bits per heavy atom. The van der Waals surface area contributed by atoms with Crippen LogP contribution in [0.15, 0.2) is 0 Å². The van der Waals surface area contributed by atoms with Crippen molar-refractivity contribution in [2.75, 3.05) is 53.4 Å². The molecule has 0 N–H and O–H groups in total. The molecule has 0 radical (unpaired) electrons. The van der Waals surface area contributed by atoms with Crippen LogP contribution in [0.2, 0.25) is 0 Å². The van der Waals surface area contributed by atoms with Crippen molar-refractivity contribution in [3.8, 4) is 6.07 Å². The molecule has 5 heteroatoms. The lowest BCUT2D eigenvalue weighted by molar-refractivity contribution is 0.00352. The van der Waals surface area contributed by atoms with Crippen molar-refractivity contribution < 1.29 is 18.9 Å². The van der Waals surface area contributed by atoms with Crippen LogP contribution < -0.4 is 0 Å².